The van der Waals surface area contributed by atoms with Crippen molar-refractivity contribution in [3.8, 4) is 0 Å². The van der Waals surface area contributed by atoms with Crippen LogP contribution in [0.2, 0.25) is 18.6 Å². The molecule has 0 bridgehead atoms. The van der Waals surface area contributed by atoms with Gasteiger partial charge in [0, 0.05) is 35.8 Å². The van der Waals surface area contributed by atoms with E-state index in [1.54, 1.807) is 0 Å². The minimum atomic E-state index is -2.24. The molecule has 1 saturated heterocycles. The van der Waals surface area contributed by atoms with Gasteiger partial charge in [0.2, 0.25) is 0 Å². The monoisotopic (exact) mass is 294 g/mol. The van der Waals surface area contributed by atoms with Crippen molar-refractivity contribution in [3.05, 3.63) is 50.6 Å². The van der Waals surface area contributed by atoms with E-state index in [-0.39, 0.29) is 0 Å². The smallest absolute Gasteiger partial charge is 0.264 e. The Balaban J connectivity index is 2.54. The molecular formula is C13H18N2O4Si. The lowest BCUT2D eigenvalue weighted by Gasteiger charge is -2.25. The van der Waals surface area contributed by atoms with Crippen LogP contribution in [0, 0.1) is 20.2 Å². The first-order valence-electron chi connectivity index (χ1n) is 6.50. The molecule has 1 unspecified atom stereocenters. The summed E-state index contributed by atoms with van der Waals surface area (Å²) in [6.07, 6.45) is 0. The SMILES string of the molecule is C[C@@]1([N+](=O)[O-])C[Si](C)(c2ccccc2)C[C@]1(C)[N+](=O)[O-]. The maximum absolute atomic E-state index is 11.5. The number of rotatable bonds is 3. The molecule has 7 heteroatoms. The fraction of sp³-hybridized carbons (Fsp3) is 0.538. The summed E-state index contributed by atoms with van der Waals surface area (Å²) in [4.78, 5) is 22.1. The van der Waals surface area contributed by atoms with E-state index in [1.807, 2.05) is 36.9 Å². The quantitative estimate of drug-likeness (QED) is 0.485. The molecule has 0 saturated carbocycles. The van der Waals surface area contributed by atoms with Crippen LogP contribution in [0.4, 0.5) is 0 Å². The van der Waals surface area contributed by atoms with E-state index in [0.717, 1.165) is 5.19 Å². The predicted octanol–water partition coefficient (Wildman–Crippen LogP) is 2.06. The van der Waals surface area contributed by atoms with Crippen LogP contribution in [0.15, 0.2) is 30.3 Å². The summed E-state index contributed by atoms with van der Waals surface area (Å²) >= 11 is 0. The summed E-state index contributed by atoms with van der Waals surface area (Å²) in [6, 6.07) is 10.1. The maximum Gasteiger partial charge on any atom is 0.285 e. The van der Waals surface area contributed by atoms with Gasteiger partial charge in [-0.3, -0.25) is 20.2 Å². The van der Waals surface area contributed by atoms with Crippen LogP contribution in [-0.4, -0.2) is 29.0 Å². The van der Waals surface area contributed by atoms with E-state index < -0.39 is 29.0 Å². The molecule has 6 nitrogen and oxygen atoms in total. The van der Waals surface area contributed by atoms with Gasteiger partial charge in [-0.25, -0.2) is 0 Å². The zero-order valence-corrected chi connectivity index (χ0v) is 12.8. The fourth-order valence-electron chi connectivity index (χ4n) is 3.53. The van der Waals surface area contributed by atoms with E-state index in [2.05, 4.69) is 0 Å². The molecule has 0 aliphatic carbocycles. The summed E-state index contributed by atoms with van der Waals surface area (Å²) in [7, 11) is -2.24. The zero-order valence-electron chi connectivity index (χ0n) is 11.8. The molecule has 108 valence electrons. The van der Waals surface area contributed by atoms with Crippen molar-refractivity contribution < 1.29 is 9.85 Å². The summed E-state index contributed by atoms with van der Waals surface area (Å²) in [6.45, 7) is 4.87. The molecule has 0 N–H and O–H groups in total. The first-order valence-corrected chi connectivity index (χ1v) is 9.42. The van der Waals surface area contributed by atoms with Crippen molar-refractivity contribution >= 4 is 13.3 Å². The van der Waals surface area contributed by atoms with Crippen molar-refractivity contribution in [3.63, 3.8) is 0 Å². The number of benzene rings is 1. The van der Waals surface area contributed by atoms with Gasteiger partial charge in [-0.2, -0.15) is 0 Å². The zero-order chi connectivity index (χ0) is 15.2. The molecule has 0 spiro atoms. The van der Waals surface area contributed by atoms with Crippen LogP contribution in [0.5, 0.6) is 0 Å². The van der Waals surface area contributed by atoms with Crippen molar-refractivity contribution in [2.24, 2.45) is 0 Å². The lowest BCUT2D eigenvalue weighted by atomic mass is 9.84. The first-order chi connectivity index (χ1) is 9.16. The number of hydrogen-bond acceptors (Lipinski definition) is 4. The van der Waals surface area contributed by atoms with E-state index in [0.29, 0.717) is 12.1 Å². The summed E-state index contributed by atoms with van der Waals surface area (Å²) < 4.78 is 0. The van der Waals surface area contributed by atoms with E-state index in [9.17, 15) is 20.2 Å². The topological polar surface area (TPSA) is 86.3 Å². The fourth-order valence-corrected chi connectivity index (χ4v) is 9.12. The Kier molecular flexibility index (Phi) is 3.20. The van der Waals surface area contributed by atoms with Crippen molar-refractivity contribution in [2.45, 2.75) is 43.6 Å². The third-order valence-electron chi connectivity index (χ3n) is 4.91. The highest BCUT2D eigenvalue weighted by molar-refractivity contribution is 6.92. The van der Waals surface area contributed by atoms with Gasteiger partial charge in [0.15, 0.2) is 0 Å². The third kappa shape index (κ3) is 1.84. The molecule has 1 heterocycles. The highest BCUT2D eigenvalue weighted by Crippen LogP contribution is 2.48. The summed E-state index contributed by atoms with van der Waals surface area (Å²) in [5.74, 6) is 0. The highest BCUT2D eigenvalue weighted by Gasteiger charge is 2.74. The minimum absolute atomic E-state index is 0.300. The van der Waals surface area contributed by atoms with Gasteiger partial charge in [-0.1, -0.05) is 42.1 Å². The van der Waals surface area contributed by atoms with Crippen molar-refractivity contribution in [1.82, 2.24) is 0 Å². The Bertz CT molecular complexity index is 537. The molecule has 1 aromatic rings. The standard InChI is InChI=1S/C13H18N2O4Si/c1-12(14(16)17)9-20(3,10-13(12,2)15(18)19)11-7-5-4-6-8-11/h4-8H,9-10H2,1-3H3/t12-,13+,20?. The van der Waals surface area contributed by atoms with E-state index >= 15 is 0 Å². The van der Waals surface area contributed by atoms with Gasteiger partial charge < -0.3 is 0 Å². The van der Waals surface area contributed by atoms with Crippen LogP contribution >= 0.6 is 0 Å². The Morgan fingerprint density at radius 1 is 1.00 bits per heavy atom. The largest absolute Gasteiger partial charge is 0.285 e. The molecule has 3 atom stereocenters. The van der Waals surface area contributed by atoms with Gasteiger partial charge in [0.25, 0.3) is 11.1 Å². The van der Waals surface area contributed by atoms with Crippen molar-refractivity contribution in [2.75, 3.05) is 0 Å². The van der Waals surface area contributed by atoms with E-state index in [4.69, 9.17) is 0 Å². The molecule has 1 fully saturated rings. The lowest BCUT2D eigenvalue weighted by Crippen LogP contribution is -2.55. The van der Waals surface area contributed by atoms with Crippen LogP contribution in [0.3, 0.4) is 0 Å². The van der Waals surface area contributed by atoms with Gasteiger partial charge in [0.1, 0.15) is 0 Å². The minimum Gasteiger partial charge on any atom is -0.264 e. The molecule has 1 aliphatic heterocycles. The summed E-state index contributed by atoms with van der Waals surface area (Å²) in [5.41, 5.74) is -3.01. The van der Waals surface area contributed by atoms with Crippen molar-refractivity contribution in [1.29, 1.82) is 0 Å². The van der Waals surface area contributed by atoms with Crippen LogP contribution in [-0.2, 0) is 0 Å². The van der Waals surface area contributed by atoms with Crippen LogP contribution in [0.1, 0.15) is 13.8 Å². The maximum atomic E-state index is 11.5. The first kappa shape index (κ1) is 14.6. The van der Waals surface area contributed by atoms with Crippen LogP contribution in [0.25, 0.3) is 0 Å². The molecular weight excluding hydrogens is 276 g/mol. The second kappa shape index (κ2) is 4.37. The molecule has 0 radical (unpaired) electrons. The van der Waals surface area contributed by atoms with Gasteiger partial charge >= 0.3 is 0 Å². The molecule has 1 aliphatic rings. The normalized spacial score (nSPS) is 36.8. The lowest BCUT2D eigenvalue weighted by molar-refractivity contribution is -0.669. The molecule has 2 rings (SSSR count). The Morgan fingerprint density at radius 2 is 1.40 bits per heavy atom. The van der Waals surface area contributed by atoms with Gasteiger partial charge in [-0.05, 0) is 0 Å². The second-order valence-electron chi connectivity index (χ2n) is 6.34. The Morgan fingerprint density at radius 3 is 1.75 bits per heavy atom. The molecule has 20 heavy (non-hydrogen) atoms. The van der Waals surface area contributed by atoms with Gasteiger partial charge in [-0.15, -0.1) is 0 Å². The number of hydrogen-bond donors (Lipinski definition) is 0. The molecule has 0 amide bonds. The number of nitro groups is 2. The third-order valence-corrected chi connectivity index (χ3v) is 9.57. The average molecular weight is 294 g/mol. The number of nitrogens with zero attached hydrogens (tertiary/aromatic N) is 2. The van der Waals surface area contributed by atoms with E-state index in [1.165, 1.54) is 13.8 Å². The Labute approximate surface area is 118 Å². The molecule has 0 aromatic heterocycles. The second-order valence-corrected chi connectivity index (χ2v) is 10.7. The summed E-state index contributed by atoms with van der Waals surface area (Å²) in [5, 5.41) is 24.0. The molecule has 1 aromatic carbocycles. The van der Waals surface area contributed by atoms with Gasteiger partial charge in [0.05, 0.1) is 8.07 Å². The highest BCUT2D eigenvalue weighted by atomic mass is 28.3. The average Bonchev–Trinajstić information content (AvgIpc) is 2.61. The predicted molar refractivity (Wildman–Crippen MR) is 78.1 cm³/mol. The Hall–Kier alpha value is -1.76. The van der Waals surface area contributed by atoms with Crippen LogP contribution < -0.4 is 5.19 Å².